The number of aromatic nitrogens is 3. The lowest BCUT2D eigenvalue weighted by Crippen LogP contribution is -2.30. The number of fused-ring (bicyclic) bond motifs is 7. The van der Waals surface area contributed by atoms with Crippen LogP contribution in [0.3, 0.4) is 0 Å². The zero-order chi connectivity index (χ0) is 65.0. The van der Waals surface area contributed by atoms with Gasteiger partial charge in [0.2, 0.25) is 21.6 Å². The van der Waals surface area contributed by atoms with Crippen molar-refractivity contribution in [1.29, 1.82) is 0 Å². The van der Waals surface area contributed by atoms with Gasteiger partial charge in [0.05, 0.1) is 26.7 Å². The minimum Gasteiger partial charge on any atom is -0.370 e. The Kier molecular flexibility index (Phi) is 20.7. The van der Waals surface area contributed by atoms with Crippen LogP contribution in [-0.2, 0) is 75.4 Å². The highest BCUT2D eigenvalue weighted by Gasteiger charge is 2.46. The number of hydrogen-bond acceptors (Lipinski definition) is 14. The number of pyridine rings is 1. The first kappa shape index (κ1) is 67.6. The minimum atomic E-state index is -4.55. The van der Waals surface area contributed by atoms with Crippen LogP contribution >= 0.6 is 0 Å². The van der Waals surface area contributed by atoms with E-state index in [9.17, 15) is 52.1 Å². The van der Waals surface area contributed by atoms with E-state index in [1.54, 1.807) is 30.3 Å². The second kappa shape index (κ2) is 27.6. The Balaban J connectivity index is 0.891. The molecule has 0 unspecified atom stereocenters. The van der Waals surface area contributed by atoms with Crippen molar-refractivity contribution in [2.24, 2.45) is 0 Å². The van der Waals surface area contributed by atoms with E-state index in [4.69, 9.17) is 4.98 Å². The Morgan fingerprint density at radius 3 is 2.26 bits per heavy atom. The van der Waals surface area contributed by atoms with Gasteiger partial charge in [0.1, 0.15) is 18.2 Å². The lowest BCUT2D eigenvalue weighted by Gasteiger charge is -2.27. The van der Waals surface area contributed by atoms with Crippen molar-refractivity contribution in [3.8, 4) is 0 Å². The van der Waals surface area contributed by atoms with Gasteiger partial charge >= 0.3 is 0 Å². The summed E-state index contributed by atoms with van der Waals surface area (Å²) < 4.78 is 134. The zero-order valence-electron chi connectivity index (χ0n) is 52.2. The second-order valence-electron chi connectivity index (χ2n) is 24.9. The Morgan fingerprint density at radius 1 is 0.800 bits per heavy atom. The highest BCUT2D eigenvalue weighted by Crippen LogP contribution is 2.52. The van der Waals surface area contributed by atoms with Crippen molar-refractivity contribution in [2.75, 3.05) is 54.9 Å². The monoisotopic (exact) mass is 1310 g/mol. The molecule has 5 heterocycles. The summed E-state index contributed by atoms with van der Waals surface area (Å²) in [5, 5.41) is 9.01. The van der Waals surface area contributed by atoms with E-state index in [0.29, 0.717) is 34.3 Å². The van der Waals surface area contributed by atoms with Crippen LogP contribution in [0.5, 0.6) is 0 Å². The molecule has 2 aromatic heterocycles. The molecule has 1 amide bonds. The first-order valence-electron chi connectivity index (χ1n) is 30.7. The van der Waals surface area contributed by atoms with Crippen LogP contribution in [-0.4, -0.2) is 128 Å². The Hall–Kier alpha value is -6.77. The van der Waals surface area contributed by atoms with Gasteiger partial charge in [-0.05, 0) is 153 Å². The van der Waals surface area contributed by atoms with Gasteiger partial charge in [0.15, 0.2) is 5.71 Å². The van der Waals surface area contributed by atoms with E-state index in [-0.39, 0.29) is 61.0 Å². The highest BCUT2D eigenvalue weighted by molar-refractivity contribution is 7.89. The van der Waals surface area contributed by atoms with Gasteiger partial charge in [-0.3, -0.25) is 18.5 Å². The number of allylic oxidation sites excluding steroid dienone is 6. The summed E-state index contributed by atoms with van der Waals surface area (Å²) in [6.45, 7) is 13.7. The van der Waals surface area contributed by atoms with Crippen molar-refractivity contribution in [1.82, 2.24) is 24.6 Å². The zero-order valence-corrected chi connectivity index (χ0v) is 55.5. The molecule has 3 aliphatic heterocycles. The molecule has 24 heteroatoms. The van der Waals surface area contributed by atoms with Crippen LogP contribution in [0.15, 0.2) is 125 Å². The molecule has 6 aromatic rings. The smallest absolute Gasteiger partial charge is 0.294 e. The number of hydrogen-bond donors (Lipinski definition) is 5. The molecule has 9 rings (SSSR count). The molecule has 5 N–H and O–H groups in total. The van der Waals surface area contributed by atoms with Crippen LogP contribution in [0.1, 0.15) is 144 Å². The van der Waals surface area contributed by atoms with Crippen molar-refractivity contribution >= 4 is 90.7 Å². The lowest BCUT2D eigenvalue weighted by molar-refractivity contribution is -0.437. The van der Waals surface area contributed by atoms with Crippen LogP contribution in [0, 0.1) is 6.92 Å². The molecule has 1 atom stereocenters. The Bertz CT molecular complexity index is 4320. The van der Waals surface area contributed by atoms with Gasteiger partial charge in [-0.2, -0.15) is 29.8 Å². The first-order valence-corrected chi connectivity index (χ1v) is 36.8. The van der Waals surface area contributed by atoms with Crippen molar-refractivity contribution in [2.45, 2.75) is 152 Å². The third-order valence-corrected chi connectivity index (χ3v) is 22.0. The first-order chi connectivity index (χ1) is 42.5. The standard InChI is InChI=1S/C66H82N8O12S4/c1-45(50-43-68-46(2)69-44-50)20-11-8-9-12-23-55-49(40-48-21-16-34-67-64(48)71-55)42-70-61(75)27-17-35-72(7)89(82,83)58-24-15-22-53-52(58)31-33-57-62(53)65(3,4)59(74(57)37-19-39-88(79,80)81)25-13-10-14-26-60-66(5,6)63-54-41-51(90(84,85)86)30-28-47(54)29-32-56(63)73(60)36-18-38-87(76,77)78/h10,13-15,22,24-26,28-33,40-41,43-45H,8-9,11-12,16-21,23,27,34-39,42H2,1-7H3,(H4-,67,70,71,75,76,77,78,79,80,81,84,85,86)/p+1/t45-/m1/s1. The molecule has 482 valence electrons. The van der Waals surface area contributed by atoms with E-state index in [1.807, 2.05) is 105 Å². The molecule has 0 bridgehead atoms. The van der Waals surface area contributed by atoms with E-state index < -0.39 is 62.7 Å². The van der Waals surface area contributed by atoms with Gasteiger partial charge in [0.25, 0.3) is 30.4 Å². The third kappa shape index (κ3) is 15.6. The molecule has 3 aliphatic rings. The fraction of sp³-hybridized carbons (Fsp3) is 0.439. The van der Waals surface area contributed by atoms with Crippen LogP contribution in [0.2, 0.25) is 0 Å². The van der Waals surface area contributed by atoms with Gasteiger partial charge < -0.3 is 15.5 Å². The second-order valence-corrected chi connectivity index (χ2v) is 31.5. The SMILES string of the molecule is Cc1ncc([C@H](C)CCCCCCc2nc3c(cc2CNC(=O)CCCN(C)S(=O)(=O)c2cccc4c5c(ccc24)N(CCCS(=O)(=O)O)C(=CC=CC=CC2=[N+](CCCS(=O)(=O)O)c4ccc6ccc(S(=O)(=O)O)cc6c4C2(C)C)C5(C)C)CCCN3)cn1. The summed E-state index contributed by atoms with van der Waals surface area (Å²) in [6, 6.07) is 19.0. The van der Waals surface area contributed by atoms with Crippen molar-refractivity contribution < 1.29 is 56.7 Å². The average molecular weight is 1310 g/mol. The molecule has 0 saturated heterocycles. The number of unbranched alkanes of at least 4 members (excludes halogenated alkanes) is 3. The predicted octanol–water partition coefficient (Wildman–Crippen LogP) is 10.8. The third-order valence-electron chi connectivity index (χ3n) is 17.7. The van der Waals surface area contributed by atoms with Crippen LogP contribution in [0.25, 0.3) is 21.5 Å². The molecule has 0 spiro atoms. The van der Waals surface area contributed by atoms with Crippen LogP contribution in [0.4, 0.5) is 17.2 Å². The number of benzene rings is 4. The molecule has 0 fully saturated rings. The summed E-state index contributed by atoms with van der Waals surface area (Å²) >= 11 is 0. The summed E-state index contributed by atoms with van der Waals surface area (Å²) in [5.41, 5.74) is 7.22. The fourth-order valence-electron chi connectivity index (χ4n) is 13.0. The largest absolute Gasteiger partial charge is 0.370 e. The topological polar surface area (TPSA) is 287 Å². The summed E-state index contributed by atoms with van der Waals surface area (Å²) in [6.07, 6.45) is 21.6. The highest BCUT2D eigenvalue weighted by atomic mass is 32.2. The number of carbonyl (C=O) groups is 1. The van der Waals surface area contributed by atoms with E-state index in [2.05, 4.69) is 33.6 Å². The fourth-order valence-corrected chi connectivity index (χ4v) is 15.9. The maximum Gasteiger partial charge on any atom is 0.294 e. The number of aryl methyl sites for hydroxylation is 3. The minimum absolute atomic E-state index is 0.0724. The lowest BCUT2D eigenvalue weighted by atomic mass is 9.79. The van der Waals surface area contributed by atoms with Crippen molar-refractivity contribution in [3.05, 3.63) is 155 Å². The van der Waals surface area contributed by atoms with Crippen LogP contribution < -0.4 is 15.5 Å². The molecule has 0 saturated carbocycles. The molecule has 90 heavy (non-hydrogen) atoms. The Labute approximate surface area is 530 Å². The number of nitrogens with one attached hydrogen (secondary N) is 2. The molecular weight excluding hydrogens is 1230 g/mol. The average Bonchev–Trinajstić information content (AvgIpc) is 1.55. The summed E-state index contributed by atoms with van der Waals surface area (Å²) in [4.78, 5) is 29.0. The van der Waals surface area contributed by atoms with E-state index >= 15 is 0 Å². The molecule has 0 aliphatic carbocycles. The summed E-state index contributed by atoms with van der Waals surface area (Å²) in [5.74, 6) is 0.914. The molecule has 4 aromatic carbocycles. The number of rotatable bonds is 28. The van der Waals surface area contributed by atoms with Crippen molar-refractivity contribution in [3.63, 3.8) is 0 Å². The molecular formula is C66H83N8O12S4+. The van der Waals surface area contributed by atoms with Gasteiger partial charge in [0, 0.05) is 104 Å². The van der Waals surface area contributed by atoms with E-state index in [0.717, 1.165) is 126 Å². The normalized spacial score (nSPS) is 16.6. The molecule has 0 radical (unpaired) electrons. The number of sulfonamides is 1. The number of nitrogens with zero attached hydrogens (tertiary/aromatic N) is 6. The number of carbonyl (C=O) groups excluding carboxylic acids is 1. The number of amides is 1. The molecule has 20 nitrogen and oxygen atoms in total. The Morgan fingerprint density at radius 2 is 1.52 bits per heavy atom. The van der Waals surface area contributed by atoms with Gasteiger partial charge in [-0.15, -0.1) is 0 Å². The summed E-state index contributed by atoms with van der Waals surface area (Å²) in [7, 11) is -15.7. The maximum atomic E-state index is 14.6. The number of anilines is 2. The van der Waals surface area contributed by atoms with Gasteiger partial charge in [-0.25, -0.2) is 27.7 Å². The van der Waals surface area contributed by atoms with Gasteiger partial charge in [-0.1, -0.05) is 82.5 Å². The maximum absolute atomic E-state index is 14.6. The van der Waals surface area contributed by atoms with E-state index in [1.165, 1.54) is 23.5 Å². The predicted molar refractivity (Wildman–Crippen MR) is 353 cm³/mol. The quantitative estimate of drug-likeness (QED) is 0.0132.